The first kappa shape index (κ1) is 14.9. The summed E-state index contributed by atoms with van der Waals surface area (Å²) in [5, 5.41) is 0. The lowest BCUT2D eigenvalue weighted by molar-refractivity contribution is -0.113. The highest BCUT2D eigenvalue weighted by Gasteiger charge is 2.33. The van der Waals surface area contributed by atoms with Crippen LogP contribution in [0.25, 0.3) is 11.1 Å². The van der Waals surface area contributed by atoms with Gasteiger partial charge in [0, 0.05) is 30.5 Å². The second kappa shape index (κ2) is 6.01. The van der Waals surface area contributed by atoms with Crippen LogP contribution in [-0.2, 0) is 11.3 Å². The summed E-state index contributed by atoms with van der Waals surface area (Å²) in [7, 11) is 0. The van der Waals surface area contributed by atoms with Crippen molar-refractivity contribution in [2.75, 3.05) is 0 Å². The van der Waals surface area contributed by atoms with Crippen LogP contribution in [0.15, 0.2) is 36.7 Å². The minimum absolute atomic E-state index is 0.104. The Morgan fingerprint density at radius 3 is 2.86 bits per heavy atom. The molecule has 0 fully saturated rings. The van der Waals surface area contributed by atoms with Crippen molar-refractivity contribution in [3.8, 4) is 11.1 Å². The zero-order chi connectivity index (χ0) is 15.7. The van der Waals surface area contributed by atoms with Crippen molar-refractivity contribution in [2.24, 2.45) is 0 Å². The van der Waals surface area contributed by atoms with Crippen LogP contribution in [0.1, 0.15) is 43.0 Å². The fourth-order valence-corrected chi connectivity index (χ4v) is 3.40. The maximum Gasteiger partial charge on any atom is 0.141 e. The monoisotopic (exact) mass is 294 g/mol. The van der Waals surface area contributed by atoms with E-state index in [4.69, 9.17) is 0 Å². The van der Waals surface area contributed by atoms with E-state index in [-0.39, 0.29) is 6.04 Å². The van der Waals surface area contributed by atoms with Crippen molar-refractivity contribution in [3.05, 3.63) is 53.3 Å². The number of carbonyl (C=O) groups is 1. The lowest BCUT2D eigenvalue weighted by Crippen LogP contribution is -2.31. The first-order chi connectivity index (χ1) is 10.7. The molecule has 2 aromatic rings. The van der Waals surface area contributed by atoms with E-state index in [0.29, 0.717) is 6.04 Å². The number of benzene rings is 1. The van der Waals surface area contributed by atoms with Gasteiger partial charge in [-0.2, -0.15) is 0 Å². The molecule has 1 aliphatic rings. The molecule has 22 heavy (non-hydrogen) atoms. The van der Waals surface area contributed by atoms with Crippen LogP contribution in [0.3, 0.4) is 0 Å². The Morgan fingerprint density at radius 2 is 2.23 bits per heavy atom. The molecule has 114 valence electrons. The van der Waals surface area contributed by atoms with Gasteiger partial charge in [0.2, 0.25) is 0 Å². The summed E-state index contributed by atoms with van der Waals surface area (Å²) in [6.45, 7) is 7.32. The van der Waals surface area contributed by atoms with Crippen LogP contribution in [0.2, 0.25) is 0 Å². The molecule has 0 spiro atoms. The van der Waals surface area contributed by atoms with Crippen molar-refractivity contribution >= 4 is 6.29 Å². The molecule has 1 aromatic carbocycles. The topological polar surface area (TPSA) is 33.2 Å². The second-order valence-corrected chi connectivity index (χ2v) is 6.12. The van der Waals surface area contributed by atoms with E-state index >= 15 is 0 Å². The standard InChI is InChI=1S/C19H22N2O/c1-4-14(3)21-11-17-9-16(15-6-5-7-20-10-15)8-13(2)19(17)18(21)12-22/h5-10,12,14,18H,4,11H2,1-3H3. The van der Waals surface area contributed by atoms with Crippen molar-refractivity contribution in [1.82, 2.24) is 9.88 Å². The Labute approximate surface area is 132 Å². The third-order valence-corrected chi connectivity index (χ3v) is 4.76. The molecular formula is C19H22N2O. The lowest BCUT2D eigenvalue weighted by Gasteiger charge is -2.27. The molecule has 1 aliphatic heterocycles. The molecule has 0 N–H and O–H groups in total. The van der Waals surface area contributed by atoms with Crippen LogP contribution in [0.5, 0.6) is 0 Å². The molecule has 3 nitrogen and oxygen atoms in total. The van der Waals surface area contributed by atoms with E-state index in [1.165, 1.54) is 22.3 Å². The van der Waals surface area contributed by atoms with Crippen molar-refractivity contribution < 1.29 is 4.79 Å². The number of nitrogens with zero attached hydrogens (tertiary/aromatic N) is 2. The minimum Gasteiger partial charge on any atom is -0.301 e. The summed E-state index contributed by atoms with van der Waals surface area (Å²) in [4.78, 5) is 18.2. The van der Waals surface area contributed by atoms with Crippen LogP contribution >= 0.6 is 0 Å². The lowest BCUT2D eigenvalue weighted by atomic mass is 9.94. The summed E-state index contributed by atoms with van der Waals surface area (Å²) in [6.07, 6.45) is 5.82. The predicted octanol–water partition coefficient (Wildman–Crippen LogP) is 3.91. The Bertz CT molecular complexity index is 681. The van der Waals surface area contributed by atoms with Gasteiger partial charge in [0.15, 0.2) is 0 Å². The first-order valence-electron chi connectivity index (χ1n) is 7.90. The molecule has 2 atom stereocenters. The first-order valence-corrected chi connectivity index (χ1v) is 7.90. The highest BCUT2D eigenvalue weighted by atomic mass is 16.1. The number of rotatable bonds is 4. The molecule has 0 radical (unpaired) electrons. The van der Waals surface area contributed by atoms with Gasteiger partial charge >= 0.3 is 0 Å². The fourth-order valence-electron chi connectivity index (χ4n) is 3.40. The number of pyridine rings is 1. The predicted molar refractivity (Wildman–Crippen MR) is 88.5 cm³/mol. The number of aryl methyl sites for hydroxylation is 1. The zero-order valence-electron chi connectivity index (χ0n) is 13.4. The molecule has 0 aliphatic carbocycles. The molecule has 1 aromatic heterocycles. The van der Waals surface area contributed by atoms with Crippen LogP contribution in [0, 0.1) is 6.92 Å². The van der Waals surface area contributed by atoms with Crippen LogP contribution in [0.4, 0.5) is 0 Å². The van der Waals surface area contributed by atoms with E-state index in [1.807, 2.05) is 12.3 Å². The molecule has 2 unspecified atom stereocenters. The Morgan fingerprint density at radius 1 is 1.41 bits per heavy atom. The molecule has 0 bridgehead atoms. The summed E-state index contributed by atoms with van der Waals surface area (Å²) in [6, 6.07) is 8.73. The van der Waals surface area contributed by atoms with Gasteiger partial charge in [-0.1, -0.05) is 19.1 Å². The highest BCUT2D eigenvalue weighted by Crippen LogP contribution is 2.39. The highest BCUT2D eigenvalue weighted by molar-refractivity contribution is 5.71. The van der Waals surface area contributed by atoms with Crippen LogP contribution in [-0.4, -0.2) is 22.2 Å². The number of fused-ring (bicyclic) bond motifs is 1. The normalized spacial score (nSPS) is 19.0. The van der Waals surface area contributed by atoms with Gasteiger partial charge in [-0.05, 0) is 54.7 Å². The third-order valence-electron chi connectivity index (χ3n) is 4.76. The van der Waals surface area contributed by atoms with E-state index in [0.717, 1.165) is 24.8 Å². The third kappa shape index (κ3) is 2.46. The van der Waals surface area contributed by atoms with E-state index < -0.39 is 0 Å². The van der Waals surface area contributed by atoms with Crippen LogP contribution < -0.4 is 0 Å². The van der Waals surface area contributed by atoms with E-state index in [1.54, 1.807) is 6.20 Å². The van der Waals surface area contributed by atoms with Gasteiger partial charge in [0.1, 0.15) is 6.29 Å². The Kier molecular flexibility index (Phi) is 4.08. The van der Waals surface area contributed by atoms with E-state index in [2.05, 4.69) is 48.9 Å². The number of hydrogen-bond donors (Lipinski definition) is 0. The second-order valence-electron chi connectivity index (χ2n) is 6.12. The molecule has 3 heteroatoms. The smallest absolute Gasteiger partial charge is 0.141 e. The summed E-state index contributed by atoms with van der Waals surface area (Å²) >= 11 is 0. The van der Waals surface area contributed by atoms with Gasteiger partial charge in [-0.15, -0.1) is 0 Å². The molecule has 0 saturated carbocycles. The molecule has 2 heterocycles. The van der Waals surface area contributed by atoms with Crippen molar-refractivity contribution in [3.63, 3.8) is 0 Å². The van der Waals surface area contributed by atoms with Crippen molar-refractivity contribution in [2.45, 2.75) is 45.8 Å². The Balaban J connectivity index is 2.05. The van der Waals surface area contributed by atoms with Gasteiger partial charge in [-0.3, -0.25) is 9.88 Å². The van der Waals surface area contributed by atoms with Gasteiger partial charge in [0.25, 0.3) is 0 Å². The average Bonchev–Trinajstić information content (AvgIpc) is 2.94. The SMILES string of the molecule is CCC(C)N1Cc2cc(-c3cccnc3)cc(C)c2C1C=O. The number of carbonyl (C=O) groups excluding carboxylic acids is 1. The Hall–Kier alpha value is -2.00. The summed E-state index contributed by atoms with van der Waals surface area (Å²) < 4.78 is 0. The number of aldehydes is 1. The number of hydrogen-bond acceptors (Lipinski definition) is 3. The molecule has 3 rings (SSSR count). The summed E-state index contributed by atoms with van der Waals surface area (Å²) in [5.74, 6) is 0. The molecule has 0 amide bonds. The molecule has 0 saturated heterocycles. The zero-order valence-corrected chi connectivity index (χ0v) is 13.4. The number of aromatic nitrogens is 1. The van der Waals surface area contributed by atoms with Crippen molar-refractivity contribution in [1.29, 1.82) is 0 Å². The fraction of sp³-hybridized carbons (Fsp3) is 0.368. The minimum atomic E-state index is -0.104. The summed E-state index contributed by atoms with van der Waals surface area (Å²) in [5.41, 5.74) is 5.97. The maximum atomic E-state index is 11.7. The largest absolute Gasteiger partial charge is 0.301 e. The van der Waals surface area contributed by atoms with E-state index in [9.17, 15) is 4.79 Å². The van der Waals surface area contributed by atoms with Gasteiger partial charge in [-0.25, -0.2) is 0 Å². The average molecular weight is 294 g/mol. The van der Waals surface area contributed by atoms with Gasteiger partial charge < -0.3 is 4.79 Å². The molecular weight excluding hydrogens is 272 g/mol. The van der Waals surface area contributed by atoms with Gasteiger partial charge in [0.05, 0.1) is 6.04 Å². The quantitative estimate of drug-likeness (QED) is 0.802. The maximum absolute atomic E-state index is 11.7.